The summed E-state index contributed by atoms with van der Waals surface area (Å²) < 4.78 is 0. The summed E-state index contributed by atoms with van der Waals surface area (Å²) in [5.41, 5.74) is 1.83. The van der Waals surface area contributed by atoms with Gasteiger partial charge in [-0.2, -0.15) is 0 Å². The van der Waals surface area contributed by atoms with Crippen LogP contribution in [0.2, 0.25) is 0 Å². The third-order valence-electron chi connectivity index (χ3n) is 1.99. The first-order valence-electron chi connectivity index (χ1n) is 4.23. The number of pyridine rings is 1. The van der Waals surface area contributed by atoms with Crippen LogP contribution in [0.5, 0.6) is 0 Å². The summed E-state index contributed by atoms with van der Waals surface area (Å²) in [4.78, 5) is 36.1. The number of H-pyrrole nitrogens is 1. The maximum atomic E-state index is 11.3. The quantitative estimate of drug-likeness (QED) is 0.264. The second kappa shape index (κ2) is 4.05. The number of aromatic nitrogens is 1. The van der Waals surface area contributed by atoms with Crippen LogP contribution in [-0.2, 0) is 0 Å². The molecule has 0 saturated heterocycles. The topological polar surface area (TPSA) is 105 Å². The Morgan fingerprint density at radius 2 is 2.00 bits per heavy atom. The van der Waals surface area contributed by atoms with Crippen LogP contribution in [-0.4, -0.2) is 16.7 Å². The first kappa shape index (κ1) is 11.1. The summed E-state index contributed by atoms with van der Waals surface area (Å²) in [7, 11) is 0. The van der Waals surface area contributed by atoms with Gasteiger partial charge in [-0.15, -0.1) is 0 Å². The summed E-state index contributed by atoms with van der Waals surface area (Å²) >= 11 is 0. The minimum atomic E-state index is -0.723. The van der Waals surface area contributed by atoms with Gasteiger partial charge in [0, 0.05) is 11.3 Å². The number of rotatable bonds is 2. The van der Waals surface area contributed by atoms with Crippen LogP contribution in [0.25, 0.3) is 0 Å². The molecule has 0 bridgehead atoms. The van der Waals surface area contributed by atoms with Gasteiger partial charge in [0.25, 0.3) is 11.5 Å². The average molecular weight is 209 g/mol. The predicted molar refractivity (Wildman–Crippen MR) is 53.5 cm³/mol. The number of nitrogens with one attached hydrogen (secondary N) is 2. The van der Waals surface area contributed by atoms with Gasteiger partial charge < -0.3 is 4.98 Å². The zero-order valence-electron chi connectivity index (χ0n) is 8.38. The summed E-state index contributed by atoms with van der Waals surface area (Å²) in [5.74, 6) is 3.95. The van der Waals surface area contributed by atoms with Crippen LogP contribution < -0.4 is 16.8 Å². The summed E-state index contributed by atoms with van der Waals surface area (Å²) in [6.07, 6.45) is 0. The van der Waals surface area contributed by atoms with Crippen molar-refractivity contribution in [3.05, 3.63) is 33.2 Å². The van der Waals surface area contributed by atoms with Gasteiger partial charge in [-0.05, 0) is 19.9 Å². The zero-order chi connectivity index (χ0) is 11.6. The van der Waals surface area contributed by atoms with Crippen molar-refractivity contribution in [2.75, 3.05) is 0 Å². The number of Topliss-reactive ketones (excluding diaryl/α,β-unsaturated/α-hetero) is 1. The smallest absolute Gasteiger partial charge is 0.270 e. The molecule has 0 aliphatic rings. The Morgan fingerprint density at radius 3 is 2.47 bits per heavy atom. The van der Waals surface area contributed by atoms with Crippen molar-refractivity contribution in [3.63, 3.8) is 0 Å². The second-order valence-electron chi connectivity index (χ2n) is 3.08. The van der Waals surface area contributed by atoms with E-state index in [1.54, 1.807) is 6.92 Å². The first-order chi connectivity index (χ1) is 6.97. The lowest BCUT2D eigenvalue weighted by molar-refractivity contribution is 0.0952. The predicted octanol–water partition coefficient (Wildman–Crippen LogP) is -0.511. The first-order valence-corrected chi connectivity index (χ1v) is 4.23. The molecule has 0 unspecified atom stereocenters. The fourth-order valence-corrected chi connectivity index (χ4v) is 1.24. The molecular weight excluding hydrogens is 198 g/mol. The van der Waals surface area contributed by atoms with Crippen LogP contribution in [0.4, 0.5) is 0 Å². The molecule has 0 fully saturated rings. The van der Waals surface area contributed by atoms with Crippen molar-refractivity contribution in [1.82, 2.24) is 10.4 Å². The van der Waals surface area contributed by atoms with Gasteiger partial charge in [-0.25, -0.2) is 5.84 Å². The van der Waals surface area contributed by atoms with Crippen LogP contribution in [0.15, 0.2) is 10.9 Å². The van der Waals surface area contributed by atoms with Crippen LogP contribution in [0, 0.1) is 6.92 Å². The number of nitrogen functional groups attached to an aromatic ring is 1. The Bertz CT molecular complexity index is 476. The summed E-state index contributed by atoms with van der Waals surface area (Å²) in [6, 6.07) is 1.23. The molecule has 15 heavy (non-hydrogen) atoms. The summed E-state index contributed by atoms with van der Waals surface area (Å²) in [6.45, 7) is 2.94. The lowest BCUT2D eigenvalue weighted by Crippen LogP contribution is -2.35. The Balaban J connectivity index is 3.43. The molecule has 0 atom stereocenters. The maximum Gasteiger partial charge on any atom is 0.270 e. The highest BCUT2D eigenvalue weighted by Gasteiger charge is 2.13. The molecule has 0 radical (unpaired) electrons. The highest BCUT2D eigenvalue weighted by atomic mass is 16.2. The fourth-order valence-electron chi connectivity index (χ4n) is 1.24. The number of hydrogen-bond donors (Lipinski definition) is 3. The molecule has 6 nitrogen and oxygen atoms in total. The number of hydrogen-bond acceptors (Lipinski definition) is 4. The van der Waals surface area contributed by atoms with Crippen LogP contribution >= 0.6 is 0 Å². The zero-order valence-corrected chi connectivity index (χ0v) is 8.38. The van der Waals surface area contributed by atoms with Crippen LogP contribution in [0.1, 0.15) is 33.3 Å². The molecule has 0 aliphatic carbocycles. The molecule has 80 valence electrons. The normalized spacial score (nSPS) is 9.80. The van der Waals surface area contributed by atoms with E-state index in [9.17, 15) is 14.4 Å². The number of carbonyl (C=O) groups excluding carboxylic acids is 2. The number of aromatic amines is 1. The highest BCUT2D eigenvalue weighted by Crippen LogP contribution is 2.05. The molecular formula is C9H11N3O3. The van der Waals surface area contributed by atoms with E-state index in [1.165, 1.54) is 13.0 Å². The minimum absolute atomic E-state index is 0.173. The Kier molecular flexibility index (Phi) is 3.01. The van der Waals surface area contributed by atoms with Gasteiger partial charge in [0.05, 0.1) is 0 Å². The van der Waals surface area contributed by atoms with Gasteiger partial charge in [-0.3, -0.25) is 19.8 Å². The van der Waals surface area contributed by atoms with Crippen molar-refractivity contribution >= 4 is 11.7 Å². The van der Waals surface area contributed by atoms with Gasteiger partial charge in [-0.1, -0.05) is 0 Å². The Hall–Kier alpha value is -1.95. The molecule has 1 aromatic rings. The molecule has 1 rings (SSSR count). The Labute approximate surface area is 85.5 Å². The maximum absolute atomic E-state index is 11.3. The number of hydrazine groups is 1. The average Bonchev–Trinajstić information content (AvgIpc) is 2.16. The summed E-state index contributed by atoms with van der Waals surface area (Å²) in [5, 5.41) is 0. The van der Waals surface area contributed by atoms with E-state index in [1.807, 2.05) is 5.43 Å². The number of carbonyl (C=O) groups is 2. The standard InChI is InChI=1S/C9H11N3O3/c1-4-6(5(2)13)3-7(8(14)11-4)9(15)12-10/h3H,10H2,1-2H3,(H,11,14)(H,12,15). The second-order valence-corrected chi connectivity index (χ2v) is 3.08. The van der Waals surface area contributed by atoms with E-state index in [0.717, 1.165) is 0 Å². The Morgan fingerprint density at radius 1 is 1.40 bits per heavy atom. The molecule has 0 spiro atoms. The van der Waals surface area contributed by atoms with E-state index in [-0.39, 0.29) is 11.3 Å². The highest BCUT2D eigenvalue weighted by molar-refractivity contribution is 5.99. The van der Waals surface area contributed by atoms with Crippen molar-refractivity contribution in [3.8, 4) is 0 Å². The van der Waals surface area contributed by atoms with E-state index in [2.05, 4.69) is 4.98 Å². The lowest BCUT2D eigenvalue weighted by Gasteiger charge is -2.04. The molecule has 1 amide bonds. The molecule has 0 aliphatic heterocycles. The van der Waals surface area contributed by atoms with E-state index < -0.39 is 11.5 Å². The number of ketones is 1. The van der Waals surface area contributed by atoms with E-state index in [4.69, 9.17) is 5.84 Å². The van der Waals surface area contributed by atoms with Crippen LogP contribution in [0.3, 0.4) is 0 Å². The van der Waals surface area contributed by atoms with E-state index >= 15 is 0 Å². The van der Waals surface area contributed by atoms with Gasteiger partial charge in [0.1, 0.15) is 5.56 Å². The van der Waals surface area contributed by atoms with Gasteiger partial charge in [0.15, 0.2) is 5.78 Å². The minimum Gasteiger partial charge on any atom is -0.325 e. The van der Waals surface area contributed by atoms with Crippen molar-refractivity contribution < 1.29 is 9.59 Å². The fraction of sp³-hybridized carbons (Fsp3) is 0.222. The monoisotopic (exact) mass is 209 g/mol. The molecule has 0 saturated carbocycles. The van der Waals surface area contributed by atoms with Crippen molar-refractivity contribution in [2.24, 2.45) is 5.84 Å². The third kappa shape index (κ3) is 2.10. The molecule has 1 heterocycles. The van der Waals surface area contributed by atoms with Gasteiger partial charge in [0.2, 0.25) is 0 Å². The van der Waals surface area contributed by atoms with Gasteiger partial charge >= 0.3 is 0 Å². The number of aryl methyl sites for hydroxylation is 1. The lowest BCUT2D eigenvalue weighted by atomic mass is 10.1. The number of nitrogens with two attached hydrogens (primary N) is 1. The molecule has 6 heteroatoms. The SMILES string of the molecule is CC(=O)c1cc(C(=O)NN)c(=O)[nH]c1C. The number of amides is 1. The third-order valence-corrected chi connectivity index (χ3v) is 1.99. The largest absolute Gasteiger partial charge is 0.325 e. The van der Waals surface area contributed by atoms with E-state index in [0.29, 0.717) is 11.3 Å². The molecule has 0 aromatic carbocycles. The molecule has 1 aromatic heterocycles. The van der Waals surface area contributed by atoms with Crippen molar-refractivity contribution in [2.45, 2.75) is 13.8 Å². The molecule has 4 N–H and O–H groups in total. The van der Waals surface area contributed by atoms with Crippen molar-refractivity contribution in [1.29, 1.82) is 0 Å².